The summed E-state index contributed by atoms with van der Waals surface area (Å²) in [6.45, 7) is -0.00610. The zero-order chi connectivity index (χ0) is 14.9. The van der Waals surface area contributed by atoms with Gasteiger partial charge in [-0.05, 0) is 25.3 Å². The fourth-order valence-electron chi connectivity index (χ4n) is 2.92. The fraction of sp³-hybridized carbons (Fsp3) is 0.400. The summed E-state index contributed by atoms with van der Waals surface area (Å²) >= 11 is 0. The van der Waals surface area contributed by atoms with Gasteiger partial charge in [0, 0.05) is 11.3 Å². The van der Waals surface area contributed by atoms with Crippen LogP contribution >= 0.6 is 0 Å². The Bertz CT molecular complexity index is 645. The van der Waals surface area contributed by atoms with Gasteiger partial charge in [0.05, 0.1) is 6.54 Å². The summed E-state index contributed by atoms with van der Waals surface area (Å²) in [5.74, 6) is -0.349. The molecule has 2 aliphatic rings. The average Bonchev–Trinajstić information content (AvgIpc) is 2.46. The Morgan fingerprint density at radius 1 is 1.24 bits per heavy atom. The molecule has 6 heteroatoms. The molecule has 0 aromatic heterocycles. The zero-order valence-corrected chi connectivity index (χ0v) is 11.5. The van der Waals surface area contributed by atoms with E-state index in [4.69, 9.17) is 0 Å². The van der Waals surface area contributed by atoms with Crippen molar-refractivity contribution in [3.05, 3.63) is 29.8 Å². The molecule has 1 aromatic rings. The number of hydrogen-bond donors (Lipinski definition) is 1. The van der Waals surface area contributed by atoms with Crippen molar-refractivity contribution in [2.75, 3.05) is 18.0 Å². The number of piperazine rings is 1. The minimum atomic E-state index is -0.591. The van der Waals surface area contributed by atoms with Crippen molar-refractivity contribution in [1.82, 2.24) is 5.32 Å². The number of nitrogens with one attached hydrogen (secondary N) is 1. The predicted molar refractivity (Wildman–Crippen MR) is 75.5 cm³/mol. The van der Waals surface area contributed by atoms with Gasteiger partial charge in [0.1, 0.15) is 12.1 Å². The van der Waals surface area contributed by atoms with Crippen LogP contribution in [0.3, 0.4) is 0 Å². The monoisotopic (exact) mass is 285 g/mol. The minimum Gasteiger partial charge on any atom is -0.345 e. The van der Waals surface area contributed by atoms with Gasteiger partial charge >= 0.3 is 0 Å². The van der Waals surface area contributed by atoms with Gasteiger partial charge in [-0.25, -0.2) is 4.79 Å². The van der Waals surface area contributed by atoms with E-state index in [1.54, 1.807) is 12.1 Å². The molecule has 0 spiro atoms. The average molecular weight is 285 g/mol. The van der Waals surface area contributed by atoms with Crippen LogP contribution in [0.25, 0.3) is 0 Å². The zero-order valence-electron chi connectivity index (χ0n) is 11.5. The van der Waals surface area contributed by atoms with Gasteiger partial charge in [-0.3, -0.25) is 9.59 Å². The Kier molecular flexibility index (Phi) is 3.31. The highest BCUT2D eigenvalue weighted by molar-refractivity contribution is 6.05. The Balaban J connectivity index is 2.05. The summed E-state index contributed by atoms with van der Waals surface area (Å²) in [4.78, 5) is 39.9. The Hall–Kier alpha value is -2.46. The third-order valence-electron chi connectivity index (χ3n) is 4.18. The quantitative estimate of drug-likeness (QED) is 0.661. The van der Waals surface area contributed by atoms with Crippen molar-refractivity contribution < 1.29 is 14.4 Å². The highest BCUT2D eigenvalue weighted by Crippen LogP contribution is 2.48. The van der Waals surface area contributed by atoms with E-state index in [2.05, 4.69) is 10.3 Å². The summed E-state index contributed by atoms with van der Waals surface area (Å²) in [7, 11) is 0. The van der Waals surface area contributed by atoms with Gasteiger partial charge in [0.2, 0.25) is 17.9 Å². The van der Waals surface area contributed by atoms with Crippen LogP contribution in [-0.4, -0.2) is 31.0 Å². The molecule has 1 heterocycles. The van der Waals surface area contributed by atoms with E-state index in [0.29, 0.717) is 5.69 Å². The first kappa shape index (κ1) is 13.5. The van der Waals surface area contributed by atoms with Crippen LogP contribution in [0.4, 0.5) is 5.69 Å². The van der Waals surface area contributed by atoms with E-state index >= 15 is 0 Å². The molecule has 0 radical (unpaired) electrons. The number of aliphatic imine (C=N–C) groups is 1. The van der Waals surface area contributed by atoms with Crippen molar-refractivity contribution in [3.8, 4) is 0 Å². The van der Waals surface area contributed by atoms with Crippen LogP contribution in [0.1, 0.15) is 24.8 Å². The molecule has 2 amide bonds. The lowest BCUT2D eigenvalue weighted by Crippen LogP contribution is -2.52. The van der Waals surface area contributed by atoms with Gasteiger partial charge in [-0.2, -0.15) is 4.99 Å². The molecule has 1 saturated heterocycles. The van der Waals surface area contributed by atoms with Crippen LogP contribution in [0, 0.1) is 0 Å². The molecule has 1 aliphatic carbocycles. The summed E-state index contributed by atoms with van der Waals surface area (Å²) in [6, 6.07) is 7.34. The first-order chi connectivity index (χ1) is 10.2. The van der Waals surface area contributed by atoms with Gasteiger partial charge in [-0.15, -0.1) is 0 Å². The van der Waals surface area contributed by atoms with E-state index < -0.39 is 5.54 Å². The summed E-state index contributed by atoms with van der Waals surface area (Å²) in [5, 5.41) is 2.53. The third kappa shape index (κ3) is 2.23. The van der Waals surface area contributed by atoms with Crippen LogP contribution in [0.15, 0.2) is 29.3 Å². The molecule has 1 N–H and O–H groups in total. The molecular formula is C15H15N3O3. The number of amides is 2. The number of benzene rings is 1. The van der Waals surface area contributed by atoms with Gasteiger partial charge in [0.15, 0.2) is 0 Å². The topological polar surface area (TPSA) is 78.8 Å². The van der Waals surface area contributed by atoms with E-state index in [1.165, 1.54) is 4.90 Å². The molecular weight excluding hydrogens is 270 g/mol. The Morgan fingerprint density at radius 2 is 2.00 bits per heavy atom. The van der Waals surface area contributed by atoms with Crippen molar-refractivity contribution in [1.29, 1.82) is 0 Å². The molecule has 1 aromatic carbocycles. The van der Waals surface area contributed by atoms with Gasteiger partial charge < -0.3 is 10.2 Å². The molecule has 21 heavy (non-hydrogen) atoms. The number of nitrogens with zero attached hydrogens (tertiary/aromatic N) is 2. The molecule has 108 valence electrons. The molecule has 6 nitrogen and oxygen atoms in total. The lowest BCUT2D eigenvalue weighted by molar-refractivity contribution is -0.128. The molecule has 3 rings (SSSR count). The summed E-state index contributed by atoms with van der Waals surface area (Å²) in [6.07, 6.45) is 4.15. The first-order valence-electron chi connectivity index (χ1n) is 6.92. The summed E-state index contributed by atoms with van der Waals surface area (Å²) < 4.78 is 0. The van der Waals surface area contributed by atoms with Crippen LogP contribution in [0.2, 0.25) is 0 Å². The maximum atomic E-state index is 12.1. The van der Waals surface area contributed by atoms with Crippen molar-refractivity contribution >= 4 is 23.6 Å². The molecule has 0 bridgehead atoms. The van der Waals surface area contributed by atoms with E-state index in [9.17, 15) is 14.4 Å². The Morgan fingerprint density at radius 3 is 2.67 bits per heavy atom. The van der Waals surface area contributed by atoms with E-state index in [0.717, 1.165) is 24.8 Å². The standard InChI is InChI=1S/C15H15N3O3/c19-10-17-15(6-3-7-15)11-4-1-2-5-12(11)18-9-13(20)16-8-14(18)21/h1-2,4-5H,3,6-9H2,(H,16,20). The highest BCUT2D eigenvalue weighted by Gasteiger charge is 2.42. The van der Waals surface area contributed by atoms with E-state index in [1.807, 2.05) is 18.2 Å². The number of anilines is 1. The second-order valence-corrected chi connectivity index (χ2v) is 5.36. The predicted octanol–water partition coefficient (Wildman–Crippen LogP) is 0.864. The maximum Gasteiger partial charge on any atom is 0.246 e. The maximum absolute atomic E-state index is 12.1. The van der Waals surface area contributed by atoms with E-state index in [-0.39, 0.29) is 24.9 Å². The van der Waals surface area contributed by atoms with Crippen molar-refractivity contribution in [3.63, 3.8) is 0 Å². The molecule has 1 aliphatic heterocycles. The summed E-state index contributed by atoms with van der Waals surface area (Å²) in [5.41, 5.74) is 0.894. The minimum absolute atomic E-state index is 0.00286. The number of rotatable bonds is 3. The SMILES string of the molecule is O=C=NC1(c2ccccc2N2CC(=O)NCC2=O)CCC1. The molecule has 0 atom stereocenters. The third-order valence-corrected chi connectivity index (χ3v) is 4.18. The second kappa shape index (κ2) is 5.14. The lowest BCUT2D eigenvalue weighted by atomic mass is 9.71. The van der Waals surface area contributed by atoms with Crippen molar-refractivity contribution in [2.24, 2.45) is 4.99 Å². The highest BCUT2D eigenvalue weighted by atomic mass is 16.2. The molecule has 0 unspecified atom stereocenters. The van der Waals surface area contributed by atoms with Gasteiger partial charge in [0.25, 0.3) is 0 Å². The fourth-order valence-corrected chi connectivity index (χ4v) is 2.92. The molecule has 1 saturated carbocycles. The van der Waals surface area contributed by atoms with Crippen LogP contribution < -0.4 is 10.2 Å². The number of carbonyl (C=O) groups excluding carboxylic acids is 3. The Labute approximate surface area is 121 Å². The largest absolute Gasteiger partial charge is 0.345 e. The smallest absolute Gasteiger partial charge is 0.246 e. The van der Waals surface area contributed by atoms with Gasteiger partial charge in [-0.1, -0.05) is 18.2 Å². The molecule has 2 fully saturated rings. The number of carbonyl (C=O) groups is 2. The number of isocyanates is 1. The lowest BCUT2D eigenvalue weighted by Gasteiger charge is -2.40. The van der Waals surface area contributed by atoms with Crippen LogP contribution in [0.5, 0.6) is 0 Å². The number of para-hydroxylation sites is 1. The van der Waals surface area contributed by atoms with Crippen LogP contribution in [-0.2, 0) is 19.9 Å². The second-order valence-electron chi connectivity index (χ2n) is 5.36. The normalized spacial score (nSPS) is 20.3. The first-order valence-corrected chi connectivity index (χ1v) is 6.92. The number of hydrogen-bond acceptors (Lipinski definition) is 4. The van der Waals surface area contributed by atoms with Crippen molar-refractivity contribution in [2.45, 2.75) is 24.8 Å².